The molecule has 1 aromatic heterocycles. The predicted molar refractivity (Wildman–Crippen MR) is 47.9 cm³/mol. The number of aromatic nitrogens is 2. The summed E-state index contributed by atoms with van der Waals surface area (Å²) in [6, 6.07) is 0. The van der Waals surface area contributed by atoms with E-state index in [1.165, 1.54) is 6.39 Å². The van der Waals surface area contributed by atoms with Crippen LogP contribution in [0.15, 0.2) is 10.9 Å². The molecule has 0 unspecified atom stereocenters. The third-order valence-corrected chi connectivity index (χ3v) is 1.64. The highest BCUT2D eigenvalue weighted by Gasteiger charge is 2.05. The van der Waals surface area contributed by atoms with Crippen molar-refractivity contribution in [2.24, 2.45) is 0 Å². The number of nitrogens with zero attached hydrogens (tertiary/aromatic N) is 2. The highest BCUT2D eigenvalue weighted by Crippen LogP contribution is 1.91. The first-order valence-corrected chi connectivity index (χ1v) is 4.42. The van der Waals surface area contributed by atoms with Crippen LogP contribution in [-0.4, -0.2) is 33.7 Å². The summed E-state index contributed by atoms with van der Waals surface area (Å²) in [5.74, 6) is -0.766. The van der Waals surface area contributed by atoms with Crippen LogP contribution in [0.25, 0.3) is 0 Å². The molecule has 0 aliphatic rings. The molecule has 0 saturated carbocycles. The van der Waals surface area contributed by atoms with Crippen molar-refractivity contribution < 1.29 is 19.2 Å². The van der Waals surface area contributed by atoms with Crippen molar-refractivity contribution in [3.8, 4) is 0 Å². The minimum Gasteiger partial charge on any atom is -0.481 e. The molecule has 82 valence electrons. The molecule has 7 nitrogen and oxygen atoms in total. The summed E-state index contributed by atoms with van der Waals surface area (Å²) in [5, 5.41) is 14.4. The molecule has 2 N–H and O–H groups in total. The number of nitrogens with one attached hydrogen (secondary N) is 1. The van der Waals surface area contributed by atoms with Crippen molar-refractivity contribution in [1.82, 2.24) is 15.5 Å². The summed E-state index contributed by atoms with van der Waals surface area (Å²) in [4.78, 5) is 25.0. The van der Waals surface area contributed by atoms with Crippen molar-refractivity contribution in [2.45, 2.75) is 19.3 Å². The zero-order valence-corrected chi connectivity index (χ0v) is 7.97. The van der Waals surface area contributed by atoms with Crippen molar-refractivity contribution in [3.05, 3.63) is 12.2 Å². The van der Waals surface area contributed by atoms with Crippen molar-refractivity contribution in [3.63, 3.8) is 0 Å². The Morgan fingerprint density at radius 1 is 1.47 bits per heavy atom. The van der Waals surface area contributed by atoms with E-state index in [9.17, 15) is 9.59 Å². The van der Waals surface area contributed by atoms with Crippen LogP contribution in [0.4, 0.5) is 0 Å². The molecule has 0 saturated heterocycles. The Hall–Kier alpha value is -1.92. The van der Waals surface area contributed by atoms with Gasteiger partial charge in [0.2, 0.25) is 12.3 Å². The monoisotopic (exact) mass is 213 g/mol. The van der Waals surface area contributed by atoms with E-state index in [0.29, 0.717) is 18.8 Å². The number of amides is 1. The molecule has 1 rings (SSSR count). The second-order valence-corrected chi connectivity index (χ2v) is 2.84. The second-order valence-electron chi connectivity index (χ2n) is 2.84. The standard InChI is InChI=1S/C8H11N3O4/c12-7(1-2-8(13)14)9-4-3-6-10-5-15-11-6/h5H,1-4H2,(H,9,12)(H,13,14). The molecule has 0 aromatic carbocycles. The topological polar surface area (TPSA) is 105 Å². The minimum absolute atomic E-state index is 0.0123. The SMILES string of the molecule is O=C(O)CCC(=O)NCCc1ncon1. The van der Waals surface area contributed by atoms with E-state index in [1.54, 1.807) is 0 Å². The first-order valence-electron chi connectivity index (χ1n) is 4.42. The first kappa shape index (κ1) is 11.2. The van der Waals surface area contributed by atoms with Gasteiger partial charge in [-0.25, -0.2) is 0 Å². The summed E-state index contributed by atoms with van der Waals surface area (Å²) in [6.45, 7) is 0.373. The van der Waals surface area contributed by atoms with Gasteiger partial charge in [-0.3, -0.25) is 9.59 Å². The van der Waals surface area contributed by atoms with E-state index in [4.69, 9.17) is 5.11 Å². The largest absolute Gasteiger partial charge is 0.481 e. The number of carbonyl (C=O) groups is 2. The van der Waals surface area contributed by atoms with E-state index in [0.717, 1.165) is 0 Å². The minimum atomic E-state index is -0.983. The Morgan fingerprint density at radius 2 is 2.27 bits per heavy atom. The maximum atomic E-state index is 11.0. The molecule has 1 amide bonds. The average molecular weight is 213 g/mol. The maximum absolute atomic E-state index is 11.0. The number of hydrogen-bond acceptors (Lipinski definition) is 5. The fourth-order valence-electron chi connectivity index (χ4n) is 0.925. The summed E-state index contributed by atoms with van der Waals surface area (Å²) in [6.07, 6.45) is 1.51. The van der Waals surface area contributed by atoms with E-state index in [1.807, 2.05) is 0 Å². The first-order chi connectivity index (χ1) is 7.18. The van der Waals surface area contributed by atoms with Gasteiger partial charge in [0.05, 0.1) is 6.42 Å². The van der Waals surface area contributed by atoms with Crippen LogP contribution in [0.2, 0.25) is 0 Å². The van der Waals surface area contributed by atoms with Crippen LogP contribution in [0.1, 0.15) is 18.7 Å². The molecule has 0 bridgehead atoms. The number of carboxylic acid groups (broad SMARTS) is 1. The van der Waals surface area contributed by atoms with Crippen molar-refractivity contribution >= 4 is 11.9 Å². The summed E-state index contributed by atoms with van der Waals surface area (Å²) >= 11 is 0. The third-order valence-electron chi connectivity index (χ3n) is 1.64. The van der Waals surface area contributed by atoms with Gasteiger partial charge in [0, 0.05) is 19.4 Å². The molecular formula is C8H11N3O4. The lowest BCUT2D eigenvalue weighted by Gasteiger charge is -2.01. The molecule has 0 radical (unpaired) electrons. The van der Waals surface area contributed by atoms with Gasteiger partial charge in [0.15, 0.2) is 5.82 Å². The molecular weight excluding hydrogens is 202 g/mol. The van der Waals surface area contributed by atoms with Gasteiger partial charge in [-0.05, 0) is 0 Å². The molecule has 1 aromatic rings. The number of rotatable bonds is 6. The highest BCUT2D eigenvalue weighted by molar-refractivity contribution is 5.80. The van der Waals surface area contributed by atoms with Gasteiger partial charge in [-0.1, -0.05) is 5.16 Å². The van der Waals surface area contributed by atoms with Crippen LogP contribution >= 0.6 is 0 Å². The molecule has 0 fully saturated rings. The molecule has 1 heterocycles. The van der Waals surface area contributed by atoms with Gasteiger partial charge in [-0.2, -0.15) is 4.98 Å². The fraction of sp³-hybridized carbons (Fsp3) is 0.500. The number of aliphatic carboxylic acids is 1. The van der Waals surface area contributed by atoms with E-state index >= 15 is 0 Å². The lowest BCUT2D eigenvalue weighted by Crippen LogP contribution is -2.26. The second kappa shape index (κ2) is 5.74. The highest BCUT2D eigenvalue weighted by atomic mass is 16.5. The van der Waals surface area contributed by atoms with Crippen molar-refractivity contribution in [2.75, 3.05) is 6.54 Å². The van der Waals surface area contributed by atoms with Gasteiger partial charge < -0.3 is 14.9 Å². The summed E-state index contributed by atoms with van der Waals surface area (Å²) in [7, 11) is 0. The third kappa shape index (κ3) is 4.75. The molecule has 15 heavy (non-hydrogen) atoms. The van der Waals surface area contributed by atoms with Gasteiger partial charge in [-0.15, -0.1) is 0 Å². The zero-order chi connectivity index (χ0) is 11.1. The number of carboxylic acids is 1. The Labute approximate surface area is 85.5 Å². The van der Waals surface area contributed by atoms with Crippen molar-refractivity contribution in [1.29, 1.82) is 0 Å². The lowest BCUT2D eigenvalue weighted by molar-refractivity contribution is -0.138. The van der Waals surface area contributed by atoms with Crippen LogP contribution in [-0.2, 0) is 16.0 Å². The smallest absolute Gasteiger partial charge is 0.303 e. The molecule has 7 heteroatoms. The van der Waals surface area contributed by atoms with E-state index in [2.05, 4.69) is 20.0 Å². The van der Waals surface area contributed by atoms with E-state index in [-0.39, 0.29) is 18.7 Å². The van der Waals surface area contributed by atoms with E-state index < -0.39 is 5.97 Å². The predicted octanol–water partition coefficient (Wildman–Crippen LogP) is -0.407. The Morgan fingerprint density at radius 3 is 2.87 bits per heavy atom. The van der Waals surface area contributed by atoms with Gasteiger partial charge in [0.1, 0.15) is 0 Å². The van der Waals surface area contributed by atoms with Crippen LogP contribution in [0.3, 0.4) is 0 Å². The Kier molecular flexibility index (Phi) is 4.27. The van der Waals surface area contributed by atoms with Crippen LogP contribution in [0, 0.1) is 0 Å². The normalized spacial score (nSPS) is 9.87. The fourth-order valence-corrected chi connectivity index (χ4v) is 0.925. The van der Waals surface area contributed by atoms with Gasteiger partial charge in [0.25, 0.3) is 0 Å². The lowest BCUT2D eigenvalue weighted by atomic mass is 10.3. The molecule has 0 aliphatic heterocycles. The Bertz CT molecular complexity index is 323. The zero-order valence-electron chi connectivity index (χ0n) is 7.97. The van der Waals surface area contributed by atoms with Crippen LogP contribution in [0.5, 0.6) is 0 Å². The number of hydrogen-bond donors (Lipinski definition) is 2. The molecule has 0 aliphatic carbocycles. The summed E-state index contributed by atoms with van der Waals surface area (Å²) < 4.78 is 4.50. The summed E-state index contributed by atoms with van der Waals surface area (Å²) in [5.41, 5.74) is 0. The molecule has 0 atom stereocenters. The maximum Gasteiger partial charge on any atom is 0.303 e. The van der Waals surface area contributed by atoms with Crippen LogP contribution < -0.4 is 5.32 Å². The van der Waals surface area contributed by atoms with Gasteiger partial charge >= 0.3 is 5.97 Å². The quantitative estimate of drug-likeness (QED) is 0.665. The average Bonchev–Trinajstić information content (AvgIpc) is 2.67. The number of carbonyl (C=O) groups excluding carboxylic acids is 1. The Balaban J connectivity index is 2.09. The molecule has 0 spiro atoms.